The van der Waals surface area contributed by atoms with Gasteiger partial charge in [-0.25, -0.2) is 0 Å². The summed E-state index contributed by atoms with van der Waals surface area (Å²) in [5.41, 5.74) is 0.612. The monoisotopic (exact) mass is 204 g/mol. The minimum absolute atomic E-state index is 0.497. The van der Waals surface area contributed by atoms with Gasteiger partial charge in [-0.2, -0.15) is 5.26 Å². The van der Waals surface area contributed by atoms with Crippen LogP contribution in [0, 0.1) is 11.3 Å². The maximum absolute atomic E-state index is 8.84. The van der Waals surface area contributed by atoms with Gasteiger partial charge in [0.05, 0.1) is 13.2 Å². The van der Waals surface area contributed by atoms with E-state index in [4.69, 9.17) is 10.00 Å². The van der Waals surface area contributed by atoms with Gasteiger partial charge in [0, 0.05) is 6.54 Å². The Kier molecular flexibility index (Phi) is 3.70. The Balaban J connectivity index is 2.62. The average Bonchev–Trinajstić information content (AvgIpc) is 2.27. The van der Waals surface area contributed by atoms with Crippen LogP contribution in [0.25, 0.3) is 0 Å². The summed E-state index contributed by atoms with van der Waals surface area (Å²) in [4.78, 5) is 0. The molecule has 0 amide bonds. The second-order valence-corrected chi connectivity index (χ2v) is 3.94. The van der Waals surface area contributed by atoms with Crippen LogP contribution >= 0.6 is 0 Å². The summed E-state index contributed by atoms with van der Waals surface area (Å²) in [6, 6.07) is 10.0. The molecule has 0 atom stereocenters. The highest BCUT2D eigenvalue weighted by molar-refractivity contribution is 5.28. The third-order valence-electron chi connectivity index (χ3n) is 2.15. The molecule has 1 aromatic carbocycles. The first kappa shape index (κ1) is 11.5. The smallest absolute Gasteiger partial charge is 0.119 e. The molecule has 0 unspecified atom stereocenters. The Hall–Kier alpha value is -1.53. The molecule has 1 rings (SSSR count). The van der Waals surface area contributed by atoms with Crippen LogP contribution in [0.2, 0.25) is 0 Å². The summed E-state index contributed by atoms with van der Waals surface area (Å²) in [6.07, 6.45) is 0. The summed E-state index contributed by atoms with van der Waals surface area (Å²) >= 11 is 0. The van der Waals surface area contributed by atoms with Gasteiger partial charge >= 0.3 is 0 Å². The highest BCUT2D eigenvalue weighted by atomic mass is 16.5. The van der Waals surface area contributed by atoms with Gasteiger partial charge in [0.2, 0.25) is 0 Å². The molecule has 0 saturated heterocycles. The van der Waals surface area contributed by atoms with Gasteiger partial charge < -0.3 is 4.74 Å². The van der Waals surface area contributed by atoms with Crippen molar-refractivity contribution in [1.82, 2.24) is 5.32 Å². The lowest BCUT2D eigenvalue weighted by molar-refractivity contribution is 0.413. The van der Waals surface area contributed by atoms with Crippen LogP contribution in [0.4, 0.5) is 0 Å². The molecule has 1 aromatic rings. The number of hydrogen-bond donors (Lipinski definition) is 1. The van der Waals surface area contributed by atoms with Crippen LogP contribution in [-0.2, 0) is 6.54 Å². The zero-order valence-electron chi connectivity index (χ0n) is 9.37. The van der Waals surface area contributed by atoms with Gasteiger partial charge in [-0.1, -0.05) is 12.1 Å². The van der Waals surface area contributed by atoms with Crippen molar-refractivity contribution < 1.29 is 4.74 Å². The van der Waals surface area contributed by atoms with Gasteiger partial charge in [0.1, 0.15) is 11.3 Å². The van der Waals surface area contributed by atoms with E-state index in [1.807, 2.05) is 38.1 Å². The minimum atomic E-state index is -0.497. The highest BCUT2D eigenvalue weighted by Gasteiger charge is 2.14. The van der Waals surface area contributed by atoms with Crippen molar-refractivity contribution in [3.8, 4) is 11.8 Å². The minimum Gasteiger partial charge on any atom is -0.497 e. The SMILES string of the molecule is COc1cccc(CNC(C)(C)C#N)c1. The molecule has 0 spiro atoms. The second-order valence-electron chi connectivity index (χ2n) is 3.94. The molecule has 0 aliphatic heterocycles. The van der Waals surface area contributed by atoms with Crippen molar-refractivity contribution in [2.24, 2.45) is 0 Å². The van der Waals surface area contributed by atoms with Crippen molar-refractivity contribution in [2.75, 3.05) is 7.11 Å². The Bertz CT molecular complexity index is 366. The van der Waals surface area contributed by atoms with E-state index in [9.17, 15) is 0 Å². The molecule has 3 nitrogen and oxygen atoms in total. The fourth-order valence-corrected chi connectivity index (χ4v) is 1.14. The molecule has 15 heavy (non-hydrogen) atoms. The molecular formula is C12H16N2O. The van der Waals surface area contributed by atoms with Gasteiger partial charge in [-0.3, -0.25) is 5.32 Å². The average molecular weight is 204 g/mol. The lowest BCUT2D eigenvalue weighted by atomic mass is 10.1. The van der Waals surface area contributed by atoms with E-state index in [1.165, 1.54) is 0 Å². The van der Waals surface area contributed by atoms with E-state index in [1.54, 1.807) is 7.11 Å². The standard InChI is InChI=1S/C12H16N2O/c1-12(2,9-13)14-8-10-5-4-6-11(7-10)15-3/h4-7,14H,8H2,1-3H3. The molecule has 80 valence electrons. The van der Waals surface area contributed by atoms with Gasteiger partial charge in [-0.05, 0) is 31.5 Å². The second kappa shape index (κ2) is 4.81. The number of nitrogens with one attached hydrogen (secondary N) is 1. The van der Waals surface area contributed by atoms with Crippen LogP contribution in [0.5, 0.6) is 5.75 Å². The molecule has 0 aliphatic rings. The van der Waals surface area contributed by atoms with E-state index < -0.39 is 5.54 Å². The summed E-state index contributed by atoms with van der Waals surface area (Å²) in [5.74, 6) is 0.837. The third kappa shape index (κ3) is 3.61. The van der Waals surface area contributed by atoms with Crippen LogP contribution in [-0.4, -0.2) is 12.6 Å². The normalized spacial score (nSPS) is 10.8. The molecule has 0 bridgehead atoms. The first-order chi connectivity index (χ1) is 7.07. The molecular weight excluding hydrogens is 188 g/mol. The zero-order valence-corrected chi connectivity index (χ0v) is 9.37. The molecule has 0 fully saturated rings. The number of hydrogen-bond acceptors (Lipinski definition) is 3. The summed E-state index contributed by atoms with van der Waals surface area (Å²) in [5, 5.41) is 12.0. The van der Waals surface area contributed by atoms with Crippen molar-refractivity contribution in [2.45, 2.75) is 25.9 Å². The highest BCUT2D eigenvalue weighted by Crippen LogP contribution is 2.13. The summed E-state index contributed by atoms with van der Waals surface area (Å²) in [6.45, 7) is 4.37. The Labute approximate surface area is 90.7 Å². The maximum atomic E-state index is 8.84. The predicted molar refractivity (Wildman–Crippen MR) is 59.5 cm³/mol. The molecule has 3 heteroatoms. The Morgan fingerprint density at radius 3 is 2.80 bits per heavy atom. The lowest BCUT2D eigenvalue weighted by Crippen LogP contribution is -2.36. The van der Waals surface area contributed by atoms with Crippen molar-refractivity contribution in [3.05, 3.63) is 29.8 Å². The van der Waals surface area contributed by atoms with Crippen LogP contribution < -0.4 is 10.1 Å². The first-order valence-electron chi connectivity index (χ1n) is 4.86. The Morgan fingerprint density at radius 2 is 2.20 bits per heavy atom. The fraction of sp³-hybridized carbons (Fsp3) is 0.417. The summed E-state index contributed by atoms with van der Waals surface area (Å²) in [7, 11) is 1.64. The van der Waals surface area contributed by atoms with E-state index in [0.29, 0.717) is 6.54 Å². The van der Waals surface area contributed by atoms with Gasteiger partial charge in [-0.15, -0.1) is 0 Å². The zero-order chi connectivity index (χ0) is 11.3. The number of methoxy groups -OCH3 is 1. The first-order valence-corrected chi connectivity index (χ1v) is 4.86. The largest absolute Gasteiger partial charge is 0.497 e. The predicted octanol–water partition coefficient (Wildman–Crippen LogP) is 2.09. The van der Waals surface area contributed by atoms with Crippen molar-refractivity contribution in [3.63, 3.8) is 0 Å². The van der Waals surface area contributed by atoms with Crippen LogP contribution in [0.15, 0.2) is 24.3 Å². The van der Waals surface area contributed by atoms with E-state index >= 15 is 0 Å². The number of nitrogens with zero attached hydrogens (tertiary/aromatic N) is 1. The van der Waals surface area contributed by atoms with Crippen LogP contribution in [0.1, 0.15) is 19.4 Å². The third-order valence-corrected chi connectivity index (χ3v) is 2.15. The molecule has 0 aliphatic carbocycles. The maximum Gasteiger partial charge on any atom is 0.119 e. The molecule has 0 heterocycles. The molecule has 0 radical (unpaired) electrons. The topological polar surface area (TPSA) is 45.0 Å². The van der Waals surface area contributed by atoms with E-state index in [2.05, 4.69) is 11.4 Å². The summed E-state index contributed by atoms with van der Waals surface area (Å²) < 4.78 is 5.12. The molecule has 1 N–H and O–H groups in total. The number of rotatable bonds is 4. The van der Waals surface area contributed by atoms with Crippen molar-refractivity contribution >= 4 is 0 Å². The number of benzene rings is 1. The Morgan fingerprint density at radius 1 is 1.47 bits per heavy atom. The number of nitriles is 1. The van der Waals surface area contributed by atoms with Gasteiger partial charge in [0.25, 0.3) is 0 Å². The van der Waals surface area contributed by atoms with E-state index in [-0.39, 0.29) is 0 Å². The lowest BCUT2D eigenvalue weighted by Gasteiger charge is -2.17. The number of ether oxygens (including phenoxy) is 1. The van der Waals surface area contributed by atoms with Crippen molar-refractivity contribution in [1.29, 1.82) is 5.26 Å². The van der Waals surface area contributed by atoms with Gasteiger partial charge in [0.15, 0.2) is 0 Å². The quantitative estimate of drug-likeness (QED) is 0.816. The molecule has 0 aromatic heterocycles. The molecule has 0 saturated carbocycles. The van der Waals surface area contributed by atoms with Crippen LogP contribution in [0.3, 0.4) is 0 Å². The van der Waals surface area contributed by atoms with E-state index in [0.717, 1.165) is 11.3 Å². The fourth-order valence-electron chi connectivity index (χ4n) is 1.14.